The normalized spacial score (nSPS) is 20.5. The molecule has 1 N–H and O–H groups in total. The second-order valence-electron chi connectivity index (χ2n) is 8.51. The van der Waals surface area contributed by atoms with Crippen molar-refractivity contribution in [3.8, 4) is 0 Å². The van der Waals surface area contributed by atoms with E-state index in [2.05, 4.69) is 29.0 Å². The van der Waals surface area contributed by atoms with Gasteiger partial charge < -0.3 is 10.2 Å². The molecule has 5 heteroatoms. The van der Waals surface area contributed by atoms with Crippen LogP contribution in [0.15, 0.2) is 18.2 Å². The minimum absolute atomic E-state index is 0.0283. The zero-order chi connectivity index (χ0) is 20.1. The predicted molar refractivity (Wildman–Crippen MR) is 113 cm³/mol. The highest BCUT2D eigenvalue weighted by Gasteiger charge is 2.32. The molecule has 2 amide bonds. The van der Waals surface area contributed by atoms with Crippen LogP contribution in [0, 0.1) is 19.8 Å². The zero-order valence-electron chi connectivity index (χ0n) is 17.7. The van der Waals surface area contributed by atoms with Gasteiger partial charge in [-0.05, 0) is 82.8 Å². The zero-order valence-corrected chi connectivity index (χ0v) is 17.7. The number of aryl methyl sites for hydroxylation is 2. The van der Waals surface area contributed by atoms with E-state index in [-0.39, 0.29) is 17.9 Å². The van der Waals surface area contributed by atoms with Crippen LogP contribution in [-0.4, -0.2) is 53.8 Å². The molecule has 3 rings (SSSR count). The van der Waals surface area contributed by atoms with Crippen LogP contribution in [0.1, 0.15) is 56.6 Å². The first-order chi connectivity index (χ1) is 13.5. The van der Waals surface area contributed by atoms with Gasteiger partial charge in [-0.1, -0.05) is 18.9 Å². The highest BCUT2D eigenvalue weighted by atomic mass is 16.2. The van der Waals surface area contributed by atoms with Crippen LogP contribution >= 0.6 is 0 Å². The van der Waals surface area contributed by atoms with Crippen LogP contribution in [0.2, 0.25) is 0 Å². The highest BCUT2D eigenvalue weighted by Crippen LogP contribution is 2.23. The van der Waals surface area contributed by atoms with Crippen molar-refractivity contribution in [3.05, 3.63) is 29.3 Å². The molecule has 28 heavy (non-hydrogen) atoms. The van der Waals surface area contributed by atoms with Crippen molar-refractivity contribution >= 4 is 17.5 Å². The smallest absolute Gasteiger partial charge is 0.241 e. The maximum atomic E-state index is 12.8. The summed E-state index contributed by atoms with van der Waals surface area (Å²) in [4.78, 5) is 29.8. The van der Waals surface area contributed by atoms with E-state index < -0.39 is 0 Å². The minimum Gasteiger partial charge on any atom is -0.342 e. The van der Waals surface area contributed by atoms with E-state index in [0.29, 0.717) is 5.91 Å². The Labute approximate surface area is 169 Å². The number of anilines is 1. The third-order valence-corrected chi connectivity index (χ3v) is 6.50. The molecular weight excluding hydrogens is 350 g/mol. The molecule has 1 aromatic carbocycles. The highest BCUT2D eigenvalue weighted by molar-refractivity contribution is 5.94. The lowest BCUT2D eigenvalue weighted by atomic mass is 9.94. The number of hydrogen-bond donors (Lipinski definition) is 1. The van der Waals surface area contributed by atoms with Crippen molar-refractivity contribution in [2.75, 3.05) is 31.5 Å². The van der Waals surface area contributed by atoms with Crippen LogP contribution < -0.4 is 5.32 Å². The molecule has 0 aromatic heterocycles. The quantitative estimate of drug-likeness (QED) is 0.859. The molecule has 1 unspecified atom stereocenters. The van der Waals surface area contributed by atoms with E-state index in [1.807, 2.05) is 25.1 Å². The van der Waals surface area contributed by atoms with Crippen molar-refractivity contribution in [2.24, 2.45) is 5.92 Å². The molecule has 0 spiro atoms. The Morgan fingerprint density at radius 1 is 0.964 bits per heavy atom. The first-order valence-corrected chi connectivity index (χ1v) is 10.9. The van der Waals surface area contributed by atoms with Crippen LogP contribution in [-0.2, 0) is 9.59 Å². The van der Waals surface area contributed by atoms with Crippen molar-refractivity contribution in [1.82, 2.24) is 9.80 Å². The molecule has 5 nitrogen and oxygen atoms in total. The van der Waals surface area contributed by atoms with E-state index >= 15 is 0 Å². The maximum absolute atomic E-state index is 12.8. The molecule has 154 valence electrons. The Hall–Kier alpha value is -1.88. The third-order valence-electron chi connectivity index (χ3n) is 6.50. The van der Waals surface area contributed by atoms with E-state index in [1.54, 1.807) is 0 Å². The molecule has 1 atom stereocenters. The van der Waals surface area contributed by atoms with Gasteiger partial charge in [0.15, 0.2) is 0 Å². The maximum Gasteiger partial charge on any atom is 0.241 e. The van der Waals surface area contributed by atoms with Gasteiger partial charge >= 0.3 is 0 Å². The Balaban J connectivity index is 1.49. The largest absolute Gasteiger partial charge is 0.342 e. The average Bonchev–Trinajstić information content (AvgIpc) is 2.99. The number of likely N-dealkylation sites (tertiary alicyclic amines) is 2. The van der Waals surface area contributed by atoms with E-state index in [1.165, 1.54) is 24.0 Å². The molecule has 0 bridgehead atoms. The summed E-state index contributed by atoms with van der Waals surface area (Å²) in [6.07, 6.45) is 6.48. The summed E-state index contributed by atoms with van der Waals surface area (Å²) in [6.45, 7) is 9.56. The van der Waals surface area contributed by atoms with Crippen molar-refractivity contribution < 1.29 is 9.59 Å². The lowest BCUT2D eigenvalue weighted by molar-refractivity contribution is -0.137. The fourth-order valence-electron chi connectivity index (χ4n) is 4.31. The van der Waals surface area contributed by atoms with Gasteiger partial charge in [0.1, 0.15) is 0 Å². The van der Waals surface area contributed by atoms with E-state index in [9.17, 15) is 9.59 Å². The Morgan fingerprint density at radius 2 is 1.61 bits per heavy atom. The number of nitrogens with one attached hydrogen (secondary N) is 1. The van der Waals surface area contributed by atoms with Gasteiger partial charge in [-0.15, -0.1) is 0 Å². The van der Waals surface area contributed by atoms with Crippen LogP contribution in [0.25, 0.3) is 0 Å². The summed E-state index contributed by atoms with van der Waals surface area (Å²) < 4.78 is 0. The van der Waals surface area contributed by atoms with Crippen molar-refractivity contribution in [2.45, 2.75) is 65.3 Å². The molecule has 2 fully saturated rings. The molecule has 0 radical (unpaired) electrons. The van der Waals surface area contributed by atoms with Gasteiger partial charge in [-0.2, -0.15) is 0 Å². The lowest BCUT2D eigenvalue weighted by Crippen LogP contribution is -2.48. The summed E-state index contributed by atoms with van der Waals surface area (Å²) in [6, 6.07) is 5.83. The summed E-state index contributed by atoms with van der Waals surface area (Å²) >= 11 is 0. The summed E-state index contributed by atoms with van der Waals surface area (Å²) in [5.74, 6) is 0.499. The molecule has 2 heterocycles. The summed E-state index contributed by atoms with van der Waals surface area (Å²) in [5, 5.41) is 3.04. The third kappa shape index (κ3) is 5.13. The first kappa shape index (κ1) is 20.8. The SMILES string of the molecule is Cc1ccc(NC(=O)C(C)N2CCC(C(=O)N3CCCCCC3)CC2)cc1C. The Kier molecular flexibility index (Phi) is 7.11. The van der Waals surface area contributed by atoms with Crippen LogP contribution in [0.3, 0.4) is 0 Å². The van der Waals surface area contributed by atoms with Gasteiger partial charge in [0.2, 0.25) is 11.8 Å². The van der Waals surface area contributed by atoms with Gasteiger partial charge in [-0.25, -0.2) is 0 Å². The average molecular weight is 386 g/mol. The standard InChI is InChI=1S/C23H35N3O2/c1-17-8-9-21(16-18(17)2)24-22(27)19(3)25-14-10-20(11-15-25)23(28)26-12-6-4-5-7-13-26/h8-9,16,19-20H,4-7,10-15H2,1-3H3,(H,24,27). The fraction of sp³-hybridized carbons (Fsp3) is 0.652. The molecular formula is C23H35N3O2. The number of benzene rings is 1. The molecule has 2 aliphatic rings. The molecule has 2 aliphatic heterocycles. The lowest BCUT2D eigenvalue weighted by Gasteiger charge is -2.36. The van der Waals surface area contributed by atoms with Crippen molar-refractivity contribution in [1.29, 1.82) is 0 Å². The molecule has 0 saturated carbocycles. The molecule has 2 saturated heterocycles. The number of carbonyl (C=O) groups excluding carboxylic acids is 2. The second kappa shape index (κ2) is 9.55. The van der Waals surface area contributed by atoms with Crippen LogP contribution in [0.5, 0.6) is 0 Å². The van der Waals surface area contributed by atoms with E-state index in [4.69, 9.17) is 0 Å². The molecule has 0 aliphatic carbocycles. The number of carbonyl (C=O) groups is 2. The predicted octanol–water partition coefficient (Wildman–Crippen LogP) is 3.75. The topological polar surface area (TPSA) is 52.7 Å². The number of rotatable bonds is 4. The van der Waals surface area contributed by atoms with Gasteiger partial charge in [0.05, 0.1) is 6.04 Å². The monoisotopic (exact) mass is 385 g/mol. The number of piperidine rings is 1. The fourth-order valence-corrected chi connectivity index (χ4v) is 4.31. The van der Waals surface area contributed by atoms with Crippen LogP contribution in [0.4, 0.5) is 5.69 Å². The number of hydrogen-bond acceptors (Lipinski definition) is 3. The van der Waals surface area contributed by atoms with Gasteiger partial charge in [-0.3, -0.25) is 14.5 Å². The molecule has 1 aromatic rings. The van der Waals surface area contributed by atoms with Gasteiger partial charge in [0.25, 0.3) is 0 Å². The van der Waals surface area contributed by atoms with E-state index in [0.717, 1.165) is 57.5 Å². The Bertz CT molecular complexity index is 687. The van der Waals surface area contributed by atoms with Crippen molar-refractivity contribution in [3.63, 3.8) is 0 Å². The Morgan fingerprint density at radius 3 is 2.21 bits per heavy atom. The minimum atomic E-state index is -0.184. The number of amides is 2. The number of nitrogens with zero attached hydrogens (tertiary/aromatic N) is 2. The second-order valence-corrected chi connectivity index (χ2v) is 8.51. The van der Waals surface area contributed by atoms with Gasteiger partial charge in [0, 0.05) is 24.7 Å². The summed E-state index contributed by atoms with van der Waals surface area (Å²) in [7, 11) is 0. The summed E-state index contributed by atoms with van der Waals surface area (Å²) in [5.41, 5.74) is 3.26. The first-order valence-electron chi connectivity index (χ1n) is 10.9.